The second kappa shape index (κ2) is 7.55. The predicted octanol–water partition coefficient (Wildman–Crippen LogP) is 2.05. The molecule has 4 heteroatoms. The molecule has 0 amide bonds. The molecule has 0 heterocycles. The van der Waals surface area contributed by atoms with Gasteiger partial charge in [-0.15, -0.1) is 0 Å². The molecular formula is C14H11BrO3. The average Bonchev–Trinajstić information content (AvgIpc) is 2.34. The van der Waals surface area contributed by atoms with E-state index in [0.717, 1.165) is 4.47 Å². The molecular weight excluding hydrogens is 296 g/mol. The first-order valence-corrected chi connectivity index (χ1v) is 5.94. The zero-order valence-corrected chi connectivity index (χ0v) is 11.3. The fraction of sp³-hybridized carbons (Fsp3) is 0.214. The molecule has 0 saturated heterocycles. The van der Waals surface area contributed by atoms with Gasteiger partial charge in [0, 0.05) is 11.4 Å². The minimum absolute atomic E-state index is 0.0123. The number of aliphatic hydroxyl groups is 1. The van der Waals surface area contributed by atoms with Gasteiger partial charge in [0.05, 0.1) is 0 Å². The molecule has 1 rings (SSSR count). The Labute approximate surface area is 114 Å². The van der Waals surface area contributed by atoms with Crippen molar-refractivity contribution in [3.63, 3.8) is 0 Å². The van der Waals surface area contributed by atoms with E-state index in [1.54, 1.807) is 12.1 Å². The van der Waals surface area contributed by atoms with E-state index < -0.39 is 6.10 Å². The Morgan fingerprint density at radius 3 is 2.67 bits per heavy atom. The van der Waals surface area contributed by atoms with Crippen molar-refractivity contribution in [2.24, 2.45) is 0 Å². The van der Waals surface area contributed by atoms with Crippen molar-refractivity contribution < 1.29 is 14.6 Å². The summed E-state index contributed by atoms with van der Waals surface area (Å²) in [6, 6.07) is 7.20. The van der Waals surface area contributed by atoms with Crippen molar-refractivity contribution in [1.82, 2.24) is 0 Å². The highest BCUT2D eigenvalue weighted by molar-refractivity contribution is 9.10. The molecule has 0 fully saturated rings. The van der Waals surface area contributed by atoms with Gasteiger partial charge >= 0.3 is 5.97 Å². The number of hydrogen-bond acceptors (Lipinski definition) is 3. The van der Waals surface area contributed by atoms with Crippen molar-refractivity contribution in [2.75, 3.05) is 6.61 Å². The van der Waals surface area contributed by atoms with E-state index >= 15 is 0 Å². The molecule has 0 aliphatic rings. The minimum atomic E-state index is -0.874. The van der Waals surface area contributed by atoms with Crippen LogP contribution in [0.5, 0.6) is 0 Å². The van der Waals surface area contributed by atoms with Crippen LogP contribution in [0.1, 0.15) is 18.6 Å². The smallest absolute Gasteiger partial charge is 0.303 e. The number of benzene rings is 1. The average molecular weight is 307 g/mol. The molecule has 0 saturated carbocycles. The van der Waals surface area contributed by atoms with Gasteiger partial charge in [-0.25, -0.2) is 0 Å². The number of carbonyl (C=O) groups excluding carboxylic acids is 1. The SMILES string of the molecule is CC(=O)OCC#CC#C[C@H](O)c1ccc(Br)cc1. The summed E-state index contributed by atoms with van der Waals surface area (Å²) in [5, 5.41) is 9.71. The Balaban J connectivity index is 2.52. The molecule has 1 N–H and O–H groups in total. The third-order valence-electron chi connectivity index (χ3n) is 1.89. The lowest BCUT2D eigenvalue weighted by Crippen LogP contribution is -1.97. The largest absolute Gasteiger partial charge is 0.453 e. The van der Waals surface area contributed by atoms with Crippen LogP contribution < -0.4 is 0 Å². The van der Waals surface area contributed by atoms with Gasteiger partial charge in [0.25, 0.3) is 0 Å². The highest BCUT2D eigenvalue weighted by atomic mass is 79.9. The molecule has 1 atom stereocenters. The summed E-state index contributed by atoms with van der Waals surface area (Å²) in [7, 11) is 0. The monoisotopic (exact) mass is 306 g/mol. The Bertz CT molecular complexity index is 526. The number of rotatable bonds is 2. The summed E-state index contributed by atoms with van der Waals surface area (Å²) < 4.78 is 5.54. The summed E-state index contributed by atoms with van der Waals surface area (Å²) in [6.45, 7) is 1.32. The summed E-state index contributed by atoms with van der Waals surface area (Å²) in [5.74, 6) is 9.75. The van der Waals surface area contributed by atoms with Crippen LogP contribution in [0.15, 0.2) is 28.7 Å². The van der Waals surface area contributed by atoms with Crippen LogP contribution in [0.4, 0.5) is 0 Å². The van der Waals surface area contributed by atoms with Crippen molar-refractivity contribution in [3.05, 3.63) is 34.3 Å². The summed E-state index contributed by atoms with van der Waals surface area (Å²) in [4.78, 5) is 10.4. The van der Waals surface area contributed by atoms with Crippen LogP contribution in [0.3, 0.4) is 0 Å². The Kier molecular flexibility index (Phi) is 6.00. The number of halogens is 1. The van der Waals surface area contributed by atoms with Gasteiger partial charge in [0.15, 0.2) is 6.61 Å². The molecule has 0 unspecified atom stereocenters. The normalized spacial score (nSPS) is 10.4. The quantitative estimate of drug-likeness (QED) is 0.672. The van der Waals surface area contributed by atoms with E-state index in [-0.39, 0.29) is 12.6 Å². The van der Waals surface area contributed by atoms with Gasteiger partial charge in [-0.05, 0) is 35.5 Å². The lowest BCUT2D eigenvalue weighted by molar-refractivity contribution is -0.139. The fourth-order valence-electron chi connectivity index (χ4n) is 1.05. The van der Waals surface area contributed by atoms with Crippen LogP contribution in [0.2, 0.25) is 0 Å². The lowest BCUT2D eigenvalue weighted by atomic mass is 10.1. The third-order valence-corrected chi connectivity index (χ3v) is 2.42. The Morgan fingerprint density at radius 1 is 1.39 bits per heavy atom. The number of ether oxygens (including phenoxy) is 1. The van der Waals surface area contributed by atoms with Crippen LogP contribution in [-0.2, 0) is 9.53 Å². The molecule has 0 bridgehead atoms. The zero-order chi connectivity index (χ0) is 13.4. The number of aliphatic hydroxyl groups excluding tert-OH is 1. The first kappa shape index (κ1) is 14.3. The molecule has 3 nitrogen and oxygen atoms in total. The number of hydrogen-bond donors (Lipinski definition) is 1. The summed E-state index contributed by atoms with van der Waals surface area (Å²) >= 11 is 3.31. The fourth-order valence-corrected chi connectivity index (χ4v) is 1.32. The van der Waals surface area contributed by atoms with Crippen LogP contribution >= 0.6 is 15.9 Å². The van der Waals surface area contributed by atoms with Crippen LogP contribution in [0.25, 0.3) is 0 Å². The van der Waals surface area contributed by atoms with E-state index in [4.69, 9.17) is 0 Å². The molecule has 1 aromatic rings. The second-order valence-corrected chi connectivity index (χ2v) is 4.22. The van der Waals surface area contributed by atoms with Crippen molar-refractivity contribution in [2.45, 2.75) is 13.0 Å². The van der Waals surface area contributed by atoms with Gasteiger partial charge in [-0.3, -0.25) is 4.79 Å². The summed E-state index contributed by atoms with van der Waals surface area (Å²) in [5.41, 5.74) is 0.701. The Hall–Kier alpha value is -1.75. The lowest BCUT2D eigenvalue weighted by Gasteiger charge is -2.02. The first-order valence-electron chi connectivity index (χ1n) is 5.15. The highest BCUT2D eigenvalue weighted by Crippen LogP contribution is 2.15. The third kappa shape index (κ3) is 5.54. The standard InChI is InChI=1S/C14H11BrO3/c1-11(16)18-10-4-2-3-5-14(17)12-6-8-13(15)9-7-12/h6-9,14,17H,10H2,1H3/t14-/m0/s1. The van der Waals surface area contributed by atoms with E-state index in [9.17, 15) is 9.90 Å². The maximum atomic E-state index is 10.4. The van der Waals surface area contributed by atoms with Gasteiger partial charge in [-0.1, -0.05) is 34.0 Å². The van der Waals surface area contributed by atoms with Crippen molar-refractivity contribution in [1.29, 1.82) is 0 Å². The van der Waals surface area contributed by atoms with E-state index in [2.05, 4.69) is 44.3 Å². The molecule has 18 heavy (non-hydrogen) atoms. The molecule has 0 aliphatic heterocycles. The summed E-state index contributed by atoms with van der Waals surface area (Å²) in [6.07, 6.45) is -0.874. The van der Waals surface area contributed by atoms with Crippen LogP contribution in [-0.4, -0.2) is 17.7 Å². The number of esters is 1. The van der Waals surface area contributed by atoms with E-state index in [1.165, 1.54) is 6.92 Å². The Morgan fingerprint density at radius 2 is 2.06 bits per heavy atom. The molecule has 0 spiro atoms. The molecule has 0 aliphatic carbocycles. The van der Waals surface area contributed by atoms with Gasteiger partial charge < -0.3 is 9.84 Å². The first-order chi connectivity index (χ1) is 8.59. The minimum Gasteiger partial charge on any atom is -0.453 e. The zero-order valence-electron chi connectivity index (χ0n) is 9.74. The predicted molar refractivity (Wildman–Crippen MR) is 71.3 cm³/mol. The van der Waals surface area contributed by atoms with Gasteiger partial charge in [0.2, 0.25) is 0 Å². The van der Waals surface area contributed by atoms with Gasteiger partial charge in [-0.2, -0.15) is 0 Å². The topological polar surface area (TPSA) is 46.5 Å². The number of carbonyl (C=O) groups is 1. The van der Waals surface area contributed by atoms with Gasteiger partial charge in [0.1, 0.15) is 6.10 Å². The van der Waals surface area contributed by atoms with E-state index in [1.807, 2.05) is 12.1 Å². The second-order valence-electron chi connectivity index (χ2n) is 3.31. The van der Waals surface area contributed by atoms with Crippen LogP contribution in [0, 0.1) is 23.7 Å². The highest BCUT2D eigenvalue weighted by Gasteiger charge is 2.01. The van der Waals surface area contributed by atoms with Crippen molar-refractivity contribution in [3.8, 4) is 23.7 Å². The molecule has 0 radical (unpaired) electrons. The molecule has 1 aromatic carbocycles. The van der Waals surface area contributed by atoms with E-state index in [0.29, 0.717) is 5.56 Å². The molecule has 0 aromatic heterocycles. The van der Waals surface area contributed by atoms with Crippen molar-refractivity contribution >= 4 is 21.9 Å². The maximum absolute atomic E-state index is 10.4. The molecule has 92 valence electrons. The maximum Gasteiger partial charge on any atom is 0.303 e.